The molecule has 2 aromatic heterocycles. The van der Waals surface area contributed by atoms with Crippen LogP contribution in [0.5, 0.6) is 11.6 Å². The Morgan fingerprint density at radius 2 is 1.81 bits per heavy atom. The number of carbonyl (C=O) groups excluding carboxylic acids is 1. The lowest BCUT2D eigenvalue weighted by atomic mass is 10.2. The van der Waals surface area contributed by atoms with Crippen LogP contribution in [0, 0.1) is 6.92 Å². The summed E-state index contributed by atoms with van der Waals surface area (Å²) in [4.78, 5) is 17.0. The number of benzene rings is 3. The Labute approximate surface area is 182 Å². The highest BCUT2D eigenvalue weighted by atomic mass is 35.5. The molecule has 152 valence electrons. The Bertz CT molecular complexity index is 1430. The molecule has 0 radical (unpaired) electrons. The molecule has 0 aliphatic heterocycles. The number of hydrogen-bond donors (Lipinski definition) is 1. The summed E-state index contributed by atoms with van der Waals surface area (Å²) in [6.07, 6.45) is 0. The van der Waals surface area contributed by atoms with Crippen molar-refractivity contribution in [2.75, 3.05) is 5.32 Å². The summed E-state index contributed by atoms with van der Waals surface area (Å²) in [5.41, 5.74) is 3.34. The number of fused-ring (bicyclic) bond motifs is 3. The summed E-state index contributed by atoms with van der Waals surface area (Å²) < 4.78 is 7.92. The minimum Gasteiger partial charge on any atom is -0.436 e. The summed E-state index contributed by atoms with van der Waals surface area (Å²) in [7, 11) is 0. The van der Waals surface area contributed by atoms with Crippen LogP contribution in [0.4, 0.5) is 5.69 Å². The number of anilines is 1. The van der Waals surface area contributed by atoms with E-state index in [1.54, 1.807) is 48.5 Å². The molecule has 0 saturated carbocycles. The number of nitrogens with one attached hydrogen (secondary N) is 1. The van der Waals surface area contributed by atoms with E-state index in [1.165, 1.54) is 0 Å². The highest BCUT2D eigenvalue weighted by Crippen LogP contribution is 2.28. The van der Waals surface area contributed by atoms with E-state index >= 15 is 0 Å². The highest BCUT2D eigenvalue weighted by molar-refractivity contribution is 6.31. The number of ether oxygens (including phenoxy) is 1. The minimum absolute atomic E-state index is 0.243. The van der Waals surface area contributed by atoms with Gasteiger partial charge in [0, 0.05) is 16.3 Å². The molecule has 0 saturated heterocycles. The van der Waals surface area contributed by atoms with Gasteiger partial charge in [0.05, 0.1) is 11.0 Å². The van der Waals surface area contributed by atoms with Gasteiger partial charge in [0.15, 0.2) is 0 Å². The van der Waals surface area contributed by atoms with Crippen molar-refractivity contribution in [1.82, 2.24) is 19.6 Å². The molecule has 1 N–H and O–H groups in total. The number of amides is 1. The van der Waals surface area contributed by atoms with E-state index in [-0.39, 0.29) is 5.91 Å². The standard InChI is InChI=1S/C23H16ClN5O2/c1-14-27-28-21-23(26-19-7-2-3-8-20(19)29(14)21)31-18-11-9-17(10-12-18)25-22(30)15-5-4-6-16(24)13-15/h2-13H,1H3,(H,25,30). The van der Waals surface area contributed by atoms with Crippen molar-refractivity contribution >= 4 is 39.9 Å². The number of aromatic nitrogens is 4. The van der Waals surface area contributed by atoms with E-state index in [1.807, 2.05) is 35.6 Å². The second kappa shape index (κ2) is 7.70. The fraction of sp³-hybridized carbons (Fsp3) is 0.0435. The third kappa shape index (κ3) is 3.67. The topological polar surface area (TPSA) is 81.4 Å². The highest BCUT2D eigenvalue weighted by Gasteiger charge is 2.15. The van der Waals surface area contributed by atoms with Crippen LogP contribution in [-0.4, -0.2) is 25.5 Å². The third-order valence-electron chi connectivity index (χ3n) is 4.77. The number of aryl methyl sites for hydroxylation is 1. The maximum absolute atomic E-state index is 12.4. The second-order valence-corrected chi connectivity index (χ2v) is 7.34. The van der Waals surface area contributed by atoms with E-state index in [0.29, 0.717) is 33.6 Å². The monoisotopic (exact) mass is 429 g/mol. The molecule has 31 heavy (non-hydrogen) atoms. The molecule has 0 spiro atoms. The van der Waals surface area contributed by atoms with E-state index in [9.17, 15) is 4.79 Å². The Hall–Kier alpha value is -3.97. The summed E-state index contributed by atoms with van der Waals surface area (Å²) >= 11 is 5.96. The number of carbonyl (C=O) groups is 1. The molecule has 8 heteroatoms. The zero-order chi connectivity index (χ0) is 21.4. The molecule has 0 bridgehead atoms. The summed E-state index contributed by atoms with van der Waals surface area (Å²) in [6, 6.07) is 21.5. The normalized spacial score (nSPS) is 11.0. The van der Waals surface area contributed by atoms with Gasteiger partial charge in [0.25, 0.3) is 11.8 Å². The Morgan fingerprint density at radius 1 is 1.00 bits per heavy atom. The van der Waals surface area contributed by atoms with E-state index in [4.69, 9.17) is 16.3 Å². The largest absolute Gasteiger partial charge is 0.436 e. The second-order valence-electron chi connectivity index (χ2n) is 6.90. The van der Waals surface area contributed by atoms with Crippen molar-refractivity contribution in [2.45, 2.75) is 6.92 Å². The van der Waals surface area contributed by atoms with Crippen molar-refractivity contribution in [1.29, 1.82) is 0 Å². The van der Waals surface area contributed by atoms with Gasteiger partial charge in [-0.25, -0.2) is 4.98 Å². The zero-order valence-electron chi connectivity index (χ0n) is 16.4. The van der Waals surface area contributed by atoms with Crippen LogP contribution in [-0.2, 0) is 0 Å². The van der Waals surface area contributed by atoms with Crippen molar-refractivity contribution in [3.8, 4) is 11.6 Å². The summed E-state index contributed by atoms with van der Waals surface area (Å²) in [6.45, 7) is 1.88. The van der Waals surface area contributed by atoms with Crippen molar-refractivity contribution in [3.05, 3.63) is 89.2 Å². The van der Waals surface area contributed by atoms with Gasteiger partial charge in [-0.15, -0.1) is 10.2 Å². The van der Waals surface area contributed by atoms with Crippen molar-refractivity contribution < 1.29 is 9.53 Å². The number of rotatable bonds is 4. The van der Waals surface area contributed by atoms with Crippen LogP contribution in [0.15, 0.2) is 72.8 Å². The van der Waals surface area contributed by atoms with Crippen LogP contribution < -0.4 is 10.1 Å². The third-order valence-corrected chi connectivity index (χ3v) is 5.01. The van der Waals surface area contributed by atoms with Crippen molar-refractivity contribution in [3.63, 3.8) is 0 Å². The fourth-order valence-corrected chi connectivity index (χ4v) is 3.51. The molecule has 5 rings (SSSR count). The van der Waals surface area contributed by atoms with Gasteiger partial charge in [-0.3, -0.25) is 9.20 Å². The molecule has 0 aliphatic carbocycles. The van der Waals surface area contributed by atoms with E-state index in [0.717, 1.165) is 16.9 Å². The predicted molar refractivity (Wildman–Crippen MR) is 119 cm³/mol. The summed E-state index contributed by atoms with van der Waals surface area (Å²) in [5.74, 6) is 1.42. The Kier molecular flexibility index (Phi) is 4.72. The van der Waals surface area contributed by atoms with Gasteiger partial charge in [-0.2, -0.15) is 0 Å². The smallest absolute Gasteiger partial charge is 0.266 e. The van der Waals surface area contributed by atoms with Gasteiger partial charge in [-0.05, 0) is 61.5 Å². The van der Waals surface area contributed by atoms with Crippen LogP contribution in [0.1, 0.15) is 16.2 Å². The molecular formula is C23H16ClN5O2. The van der Waals surface area contributed by atoms with Gasteiger partial charge in [0.1, 0.15) is 11.6 Å². The van der Waals surface area contributed by atoms with Crippen LogP contribution in [0.3, 0.4) is 0 Å². The number of para-hydroxylation sites is 2. The molecule has 0 fully saturated rings. The average Bonchev–Trinajstić information content (AvgIpc) is 3.17. The Balaban J connectivity index is 1.41. The lowest BCUT2D eigenvalue weighted by molar-refractivity contribution is 0.102. The maximum atomic E-state index is 12.4. The SMILES string of the molecule is Cc1nnc2c(Oc3ccc(NC(=O)c4cccc(Cl)c4)cc3)nc3ccccc3n12. The number of nitrogens with zero attached hydrogens (tertiary/aromatic N) is 4. The molecule has 7 nitrogen and oxygen atoms in total. The van der Waals surface area contributed by atoms with Gasteiger partial charge in [0.2, 0.25) is 5.65 Å². The lowest BCUT2D eigenvalue weighted by Crippen LogP contribution is -2.11. The number of hydrogen-bond acceptors (Lipinski definition) is 5. The van der Waals surface area contributed by atoms with Crippen LogP contribution >= 0.6 is 11.6 Å². The van der Waals surface area contributed by atoms with E-state index in [2.05, 4.69) is 20.5 Å². The quantitative estimate of drug-likeness (QED) is 0.420. The molecule has 2 heterocycles. The first-order valence-electron chi connectivity index (χ1n) is 9.54. The fourth-order valence-electron chi connectivity index (χ4n) is 3.32. The first-order valence-corrected chi connectivity index (χ1v) is 9.91. The first kappa shape index (κ1) is 19.0. The van der Waals surface area contributed by atoms with Crippen LogP contribution in [0.2, 0.25) is 5.02 Å². The molecular weight excluding hydrogens is 414 g/mol. The van der Waals surface area contributed by atoms with Crippen LogP contribution in [0.25, 0.3) is 16.7 Å². The van der Waals surface area contributed by atoms with E-state index < -0.39 is 0 Å². The molecule has 3 aromatic carbocycles. The zero-order valence-corrected chi connectivity index (χ0v) is 17.2. The molecule has 0 unspecified atom stereocenters. The molecule has 0 atom stereocenters. The van der Waals surface area contributed by atoms with Gasteiger partial charge in [-0.1, -0.05) is 29.8 Å². The predicted octanol–water partition coefficient (Wildman–Crippen LogP) is 5.28. The Morgan fingerprint density at radius 3 is 2.61 bits per heavy atom. The summed E-state index contributed by atoms with van der Waals surface area (Å²) in [5, 5.41) is 11.7. The van der Waals surface area contributed by atoms with Gasteiger partial charge >= 0.3 is 0 Å². The maximum Gasteiger partial charge on any atom is 0.266 e. The molecule has 5 aromatic rings. The molecule has 0 aliphatic rings. The van der Waals surface area contributed by atoms with Gasteiger partial charge < -0.3 is 10.1 Å². The average molecular weight is 430 g/mol. The minimum atomic E-state index is -0.243. The first-order chi connectivity index (χ1) is 15.1. The lowest BCUT2D eigenvalue weighted by Gasteiger charge is -2.10. The van der Waals surface area contributed by atoms with Crippen molar-refractivity contribution in [2.24, 2.45) is 0 Å². The number of halogens is 1. The molecule has 1 amide bonds.